The van der Waals surface area contributed by atoms with E-state index in [9.17, 15) is 19.2 Å². The zero-order valence-electron chi connectivity index (χ0n) is 21.3. The Bertz CT molecular complexity index is 1160. The molecule has 0 aliphatic carbocycles. The number of nitrogens with one attached hydrogen (secondary N) is 3. The first-order valence-electron chi connectivity index (χ1n) is 12.4. The number of benzene rings is 2. The van der Waals surface area contributed by atoms with Crippen molar-refractivity contribution in [1.29, 1.82) is 0 Å². The lowest BCUT2D eigenvalue weighted by atomic mass is 9.94. The van der Waals surface area contributed by atoms with E-state index in [2.05, 4.69) is 16.0 Å². The molecule has 3 N–H and O–H groups in total. The fraction of sp³-hybridized carbons (Fsp3) is 0.429. The van der Waals surface area contributed by atoms with Crippen LogP contribution in [0.25, 0.3) is 0 Å². The molecule has 196 valence electrons. The minimum Gasteiger partial charge on any atom is -0.497 e. The first kappa shape index (κ1) is 26.3. The van der Waals surface area contributed by atoms with Gasteiger partial charge in [0.2, 0.25) is 17.7 Å². The van der Waals surface area contributed by atoms with Gasteiger partial charge in [-0.15, -0.1) is 0 Å². The third kappa shape index (κ3) is 6.35. The number of carbonyl (C=O) groups is 4. The van der Waals surface area contributed by atoms with E-state index >= 15 is 0 Å². The molecule has 2 fully saturated rings. The van der Waals surface area contributed by atoms with Gasteiger partial charge >= 0.3 is 0 Å². The van der Waals surface area contributed by atoms with Crippen LogP contribution in [0.3, 0.4) is 0 Å². The molecule has 0 unspecified atom stereocenters. The molecule has 2 aromatic rings. The number of methoxy groups -OCH3 is 1. The topological polar surface area (TPSA) is 126 Å². The molecule has 9 heteroatoms. The summed E-state index contributed by atoms with van der Waals surface area (Å²) in [6.45, 7) is 3.65. The number of epoxide rings is 1. The van der Waals surface area contributed by atoms with Crippen molar-refractivity contribution in [2.75, 3.05) is 13.7 Å². The summed E-state index contributed by atoms with van der Waals surface area (Å²) in [5.74, 6) is -0.693. The number of ketones is 1. The largest absolute Gasteiger partial charge is 0.497 e. The van der Waals surface area contributed by atoms with Crippen LogP contribution in [0.1, 0.15) is 37.8 Å². The van der Waals surface area contributed by atoms with Crippen molar-refractivity contribution >= 4 is 23.5 Å². The predicted octanol–water partition coefficient (Wildman–Crippen LogP) is 1.48. The van der Waals surface area contributed by atoms with E-state index in [1.165, 1.54) is 0 Å². The Morgan fingerprint density at radius 3 is 2.16 bits per heavy atom. The van der Waals surface area contributed by atoms with Crippen LogP contribution in [-0.2, 0) is 36.8 Å². The Labute approximate surface area is 216 Å². The average molecular weight is 508 g/mol. The van der Waals surface area contributed by atoms with E-state index in [0.717, 1.165) is 11.1 Å². The lowest BCUT2D eigenvalue weighted by Crippen LogP contribution is -2.59. The van der Waals surface area contributed by atoms with Crippen LogP contribution >= 0.6 is 0 Å². The quantitative estimate of drug-likeness (QED) is 0.396. The minimum atomic E-state index is -1.11. The number of ether oxygens (including phenoxy) is 2. The van der Waals surface area contributed by atoms with Gasteiger partial charge in [0, 0.05) is 12.8 Å². The van der Waals surface area contributed by atoms with Gasteiger partial charge in [-0.25, -0.2) is 0 Å². The molecule has 4 atom stereocenters. The number of amides is 3. The van der Waals surface area contributed by atoms with Crippen molar-refractivity contribution in [1.82, 2.24) is 16.0 Å². The molecule has 0 bridgehead atoms. The molecular weight excluding hydrogens is 474 g/mol. The highest BCUT2D eigenvalue weighted by atomic mass is 16.6. The van der Waals surface area contributed by atoms with Crippen molar-refractivity contribution < 1.29 is 28.7 Å². The van der Waals surface area contributed by atoms with Crippen molar-refractivity contribution in [3.8, 4) is 5.75 Å². The Morgan fingerprint density at radius 2 is 1.59 bits per heavy atom. The van der Waals surface area contributed by atoms with Gasteiger partial charge < -0.3 is 25.4 Å². The summed E-state index contributed by atoms with van der Waals surface area (Å²) in [7, 11) is 1.57. The third-order valence-electron chi connectivity index (χ3n) is 7.00. The zero-order chi connectivity index (χ0) is 26.6. The molecule has 2 aliphatic heterocycles. The minimum absolute atomic E-state index is 0.186. The molecule has 0 radical (unpaired) electrons. The van der Waals surface area contributed by atoms with Crippen LogP contribution in [0.4, 0.5) is 0 Å². The summed E-state index contributed by atoms with van der Waals surface area (Å²) in [4.78, 5) is 51.8. The first-order valence-corrected chi connectivity index (χ1v) is 12.4. The summed E-state index contributed by atoms with van der Waals surface area (Å²) in [6, 6.07) is 14.8. The van der Waals surface area contributed by atoms with Crippen molar-refractivity contribution in [2.45, 2.75) is 62.8 Å². The molecule has 0 spiro atoms. The van der Waals surface area contributed by atoms with Gasteiger partial charge in [0.05, 0.1) is 19.8 Å². The number of rotatable bonds is 11. The van der Waals surface area contributed by atoms with Gasteiger partial charge in [-0.2, -0.15) is 0 Å². The molecule has 2 aliphatic rings. The first-order chi connectivity index (χ1) is 17.6. The standard InChI is InChI=1S/C28H33N3O6/c1-27(14-13-23(32)31-27)26(35)30-22(16-19-9-11-20(36-3)12-10-19)25(34)29-21(24(33)28(2)17-37-28)15-18-7-5-4-6-8-18/h4-12,21-22H,13-17H2,1-3H3,(H,29,34)(H,30,35)(H,31,32)/t21-,22-,27-,28+/m0/s1. The molecular formula is C28H33N3O6. The maximum absolute atomic E-state index is 13.6. The highest BCUT2D eigenvalue weighted by molar-refractivity contribution is 5.99. The van der Waals surface area contributed by atoms with Gasteiger partial charge in [0.1, 0.15) is 22.9 Å². The molecule has 3 amide bonds. The second kappa shape index (κ2) is 10.7. The van der Waals surface area contributed by atoms with E-state index < -0.39 is 35.0 Å². The summed E-state index contributed by atoms with van der Waals surface area (Å²) >= 11 is 0. The Hall–Kier alpha value is -3.72. The van der Waals surface area contributed by atoms with E-state index in [0.29, 0.717) is 25.2 Å². The highest BCUT2D eigenvalue weighted by Crippen LogP contribution is 2.29. The van der Waals surface area contributed by atoms with Crippen LogP contribution in [0, 0.1) is 0 Å². The van der Waals surface area contributed by atoms with Crippen molar-refractivity contribution in [3.05, 3.63) is 65.7 Å². The second-order valence-electron chi connectivity index (χ2n) is 10.1. The van der Waals surface area contributed by atoms with Crippen LogP contribution in [0.5, 0.6) is 5.75 Å². The van der Waals surface area contributed by atoms with E-state index in [4.69, 9.17) is 9.47 Å². The fourth-order valence-electron chi connectivity index (χ4n) is 4.44. The number of Topliss-reactive ketones (excluding diaryl/α,β-unsaturated/α-hetero) is 1. The Morgan fingerprint density at radius 1 is 0.973 bits per heavy atom. The normalized spacial score (nSPS) is 23.9. The van der Waals surface area contributed by atoms with Crippen LogP contribution in [0.15, 0.2) is 54.6 Å². The average Bonchev–Trinajstić information content (AvgIpc) is 3.55. The van der Waals surface area contributed by atoms with E-state index in [1.807, 2.05) is 42.5 Å². The summed E-state index contributed by atoms with van der Waals surface area (Å²) in [5, 5.41) is 8.40. The molecule has 9 nitrogen and oxygen atoms in total. The predicted molar refractivity (Wildman–Crippen MR) is 136 cm³/mol. The summed E-state index contributed by atoms with van der Waals surface area (Å²) in [6.07, 6.45) is 1.05. The molecule has 2 aromatic carbocycles. The molecule has 2 saturated heterocycles. The second-order valence-corrected chi connectivity index (χ2v) is 10.1. The van der Waals surface area contributed by atoms with Gasteiger partial charge in [0.25, 0.3) is 0 Å². The maximum Gasteiger partial charge on any atom is 0.246 e. The summed E-state index contributed by atoms with van der Waals surface area (Å²) < 4.78 is 10.6. The number of carbonyl (C=O) groups excluding carboxylic acids is 4. The Kier molecular flexibility index (Phi) is 7.63. The monoisotopic (exact) mass is 507 g/mol. The van der Waals surface area contributed by atoms with E-state index in [-0.39, 0.29) is 24.5 Å². The lowest BCUT2D eigenvalue weighted by molar-refractivity contribution is -0.135. The summed E-state index contributed by atoms with van der Waals surface area (Å²) in [5.41, 5.74) is -0.347. The highest BCUT2D eigenvalue weighted by Gasteiger charge is 2.50. The van der Waals surface area contributed by atoms with Crippen molar-refractivity contribution in [2.24, 2.45) is 0 Å². The SMILES string of the molecule is COc1ccc(C[C@H](NC(=O)[C@]2(C)CCC(=O)N2)C(=O)N[C@@H](Cc2ccccc2)C(=O)[C@@]2(C)CO2)cc1. The van der Waals surface area contributed by atoms with Gasteiger partial charge in [0.15, 0.2) is 5.78 Å². The van der Waals surface area contributed by atoms with Crippen molar-refractivity contribution in [3.63, 3.8) is 0 Å². The molecule has 0 aromatic heterocycles. The van der Waals surface area contributed by atoms with Crippen LogP contribution in [0.2, 0.25) is 0 Å². The fourth-order valence-corrected chi connectivity index (χ4v) is 4.44. The third-order valence-corrected chi connectivity index (χ3v) is 7.00. The lowest BCUT2D eigenvalue weighted by Gasteiger charge is -2.28. The smallest absolute Gasteiger partial charge is 0.246 e. The zero-order valence-corrected chi connectivity index (χ0v) is 21.3. The van der Waals surface area contributed by atoms with Crippen LogP contribution in [-0.4, -0.2) is 60.4 Å². The molecule has 37 heavy (non-hydrogen) atoms. The molecule has 2 heterocycles. The molecule has 0 saturated carbocycles. The number of hydrogen-bond acceptors (Lipinski definition) is 6. The molecule has 4 rings (SSSR count). The maximum atomic E-state index is 13.6. The van der Waals surface area contributed by atoms with E-state index in [1.54, 1.807) is 33.1 Å². The van der Waals surface area contributed by atoms with Gasteiger partial charge in [-0.1, -0.05) is 42.5 Å². The van der Waals surface area contributed by atoms with Gasteiger partial charge in [-0.05, 0) is 49.9 Å². The van der Waals surface area contributed by atoms with Gasteiger partial charge in [-0.3, -0.25) is 19.2 Å². The van der Waals surface area contributed by atoms with Crippen LogP contribution < -0.4 is 20.7 Å². The Balaban J connectivity index is 1.55. The number of hydrogen-bond donors (Lipinski definition) is 3.